The molecule has 1 aliphatic heterocycles. The van der Waals surface area contributed by atoms with Crippen LogP contribution in [0.3, 0.4) is 0 Å². The van der Waals surface area contributed by atoms with Crippen LogP contribution < -0.4 is 5.73 Å². The van der Waals surface area contributed by atoms with Crippen molar-refractivity contribution in [1.82, 2.24) is 4.90 Å². The summed E-state index contributed by atoms with van der Waals surface area (Å²) in [6.45, 7) is 5.68. The molecular weight excluding hydrogens is 252 g/mol. The van der Waals surface area contributed by atoms with Gasteiger partial charge in [0, 0.05) is 18.7 Å². The lowest BCUT2D eigenvalue weighted by Crippen LogP contribution is -2.50. The Morgan fingerprint density at radius 3 is 2.83 bits per heavy atom. The topological polar surface area (TPSA) is 55.6 Å². The molecule has 1 fully saturated rings. The van der Waals surface area contributed by atoms with E-state index in [4.69, 9.17) is 22.1 Å². The minimum Gasteiger partial charge on any atom is -0.398 e. The van der Waals surface area contributed by atoms with Crippen molar-refractivity contribution in [1.29, 1.82) is 0 Å². The van der Waals surface area contributed by atoms with E-state index in [1.165, 1.54) is 0 Å². The number of hydrogen-bond acceptors (Lipinski definition) is 3. The number of carbonyl (C=O) groups is 1. The second-order valence-electron chi connectivity index (χ2n) is 5.07. The van der Waals surface area contributed by atoms with E-state index < -0.39 is 0 Å². The molecule has 98 valence electrons. The number of nitrogens with zero attached hydrogens (tertiary/aromatic N) is 1. The van der Waals surface area contributed by atoms with E-state index in [0.29, 0.717) is 36.0 Å². The van der Waals surface area contributed by atoms with Crippen LogP contribution in [0.15, 0.2) is 18.2 Å². The predicted molar refractivity (Wildman–Crippen MR) is 71.8 cm³/mol. The van der Waals surface area contributed by atoms with Gasteiger partial charge in [-0.05, 0) is 32.0 Å². The molecule has 0 unspecified atom stereocenters. The average molecular weight is 269 g/mol. The van der Waals surface area contributed by atoms with E-state index in [0.717, 1.165) is 0 Å². The Kier molecular flexibility index (Phi) is 3.50. The van der Waals surface area contributed by atoms with Crippen LogP contribution in [0.25, 0.3) is 0 Å². The maximum Gasteiger partial charge on any atom is 0.254 e. The second-order valence-corrected chi connectivity index (χ2v) is 5.48. The highest BCUT2D eigenvalue weighted by atomic mass is 35.5. The number of anilines is 1. The lowest BCUT2D eigenvalue weighted by Gasteiger charge is -2.38. The van der Waals surface area contributed by atoms with Crippen molar-refractivity contribution >= 4 is 23.2 Å². The number of carbonyl (C=O) groups excluding carboxylic acids is 1. The first-order chi connectivity index (χ1) is 8.39. The Hall–Kier alpha value is -1.26. The van der Waals surface area contributed by atoms with Gasteiger partial charge in [0.25, 0.3) is 5.91 Å². The summed E-state index contributed by atoms with van der Waals surface area (Å²) in [5.74, 6) is -0.0340. The van der Waals surface area contributed by atoms with Gasteiger partial charge in [0.1, 0.15) is 0 Å². The summed E-state index contributed by atoms with van der Waals surface area (Å²) < 4.78 is 5.58. The SMILES string of the molecule is CC1(C)CN(C(=O)c2ccc(N)c(Cl)c2)CCO1. The number of ether oxygens (including phenoxy) is 1. The first-order valence-electron chi connectivity index (χ1n) is 5.87. The van der Waals surface area contributed by atoms with E-state index in [9.17, 15) is 4.79 Å². The average Bonchev–Trinajstić information content (AvgIpc) is 2.30. The van der Waals surface area contributed by atoms with Crippen molar-refractivity contribution in [3.05, 3.63) is 28.8 Å². The summed E-state index contributed by atoms with van der Waals surface area (Å²) in [6, 6.07) is 4.97. The fourth-order valence-electron chi connectivity index (χ4n) is 2.03. The number of nitrogen functional groups attached to an aromatic ring is 1. The predicted octanol–water partition coefficient (Wildman–Crippen LogP) is 2.17. The van der Waals surface area contributed by atoms with Gasteiger partial charge < -0.3 is 15.4 Å². The Morgan fingerprint density at radius 2 is 2.22 bits per heavy atom. The molecule has 5 heteroatoms. The molecule has 0 bridgehead atoms. The molecule has 0 aliphatic carbocycles. The fraction of sp³-hybridized carbons (Fsp3) is 0.462. The summed E-state index contributed by atoms with van der Waals surface area (Å²) in [5, 5.41) is 0.411. The standard InChI is InChI=1S/C13H17ClN2O2/c1-13(2)8-16(5-6-18-13)12(17)9-3-4-11(15)10(14)7-9/h3-4,7H,5-6,8,15H2,1-2H3. The van der Waals surface area contributed by atoms with Crippen molar-refractivity contribution in [2.24, 2.45) is 0 Å². The molecule has 0 atom stereocenters. The smallest absolute Gasteiger partial charge is 0.254 e. The van der Waals surface area contributed by atoms with Crippen LogP contribution in [-0.2, 0) is 4.74 Å². The Balaban J connectivity index is 2.18. The Labute approximate surface area is 112 Å². The monoisotopic (exact) mass is 268 g/mol. The minimum atomic E-state index is -0.300. The van der Waals surface area contributed by atoms with Gasteiger partial charge in [-0.2, -0.15) is 0 Å². The van der Waals surface area contributed by atoms with Gasteiger partial charge in [0.2, 0.25) is 0 Å². The molecule has 1 saturated heterocycles. The number of benzene rings is 1. The van der Waals surface area contributed by atoms with Gasteiger partial charge in [0.05, 0.1) is 22.9 Å². The van der Waals surface area contributed by atoms with Gasteiger partial charge in [-0.1, -0.05) is 11.6 Å². The number of amides is 1. The highest BCUT2D eigenvalue weighted by Crippen LogP contribution is 2.23. The number of halogens is 1. The Bertz CT molecular complexity index is 474. The molecule has 2 rings (SSSR count). The first-order valence-corrected chi connectivity index (χ1v) is 6.25. The lowest BCUT2D eigenvalue weighted by atomic mass is 10.1. The minimum absolute atomic E-state index is 0.0340. The fourth-order valence-corrected chi connectivity index (χ4v) is 2.21. The van der Waals surface area contributed by atoms with Crippen LogP contribution in [0, 0.1) is 0 Å². The third-order valence-corrected chi connectivity index (χ3v) is 3.29. The molecule has 4 nitrogen and oxygen atoms in total. The van der Waals surface area contributed by atoms with Crippen LogP contribution in [0.5, 0.6) is 0 Å². The van der Waals surface area contributed by atoms with E-state index in [1.807, 2.05) is 13.8 Å². The number of hydrogen-bond donors (Lipinski definition) is 1. The van der Waals surface area contributed by atoms with Gasteiger partial charge in [-0.15, -0.1) is 0 Å². The van der Waals surface area contributed by atoms with Crippen LogP contribution in [0.1, 0.15) is 24.2 Å². The Morgan fingerprint density at radius 1 is 1.50 bits per heavy atom. The van der Waals surface area contributed by atoms with Crippen molar-refractivity contribution in [2.45, 2.75) is 19.4 Å². The van der Waals surface area contributed by atoms with Crippen molar-refractivity contribution < 1.29 is 9.53 Å². The molecule has 0 saturated carbocycles. The zero-order valence-electron chi connectivity index (χ0n) is 10.6. The van der Waals surface area contributed by atoms with Crippen LogP contribution in [-0.4, -0.2) is 36.1 Å². The molecule has 1 aromatic rings. The summed E-state index contributed by atoms with van der Waals surface area (Å²) in [7, 11) is 0. The molecule has 1 amide bonds. The van der Waals surface area contributed by atoms with E-state index >= 15 is 0 Å². The zero-order valence-corrected chi connectivity index (χ0v) is 11.3. The first kappa shape index (κ1) is 13.2. The van der Waals surface area contributed by atoms with Crippen molar-refractivity contribution in [3.63, 3.8) is 0 Å². The number of nitrogens with two attached hydrogens (primary N) is 1. The molecule has 18 heavy (non-hydrogen) atoms. The van der Waals surface area contributed by atoms with Crippen LogP contribution >= 0.6 is 11.6 Å². The molecule has 0 aromatic heterocycles. The quantitative estimate of drug-likeness (QED) is 0.794. The highest BCUT2D eigenvalue weighted by molar-refractivity contribution is 6.33. The van der Waals surface area contributed by atoms with E-state index in [1.54, 1.807) is 23.1 Å². The van der Waals surface area contributed by atoms with Crippen LogP contribution in [0.4, 0.5) is 5.69 Å². The molecule has 2 N–H and O–H groups in total. The third-order valence-electron chi connectivity index (χ3n) is 2.96. The van der Waals surface area contributed by atoms with Crippen LogP contribution in [0.2, 0.25) is 5.02 Å². The summed E-state index contributed by atoms with van der Waals surface area (Å²) in [5.41, 5.74) is 6.38. The molecule has 1 aromatic carbocycles. The summed E-state index contributed by atoms with van der Waals surface area (Å²) in [4.78, 5) is 14.1. The van der Waals surface area contributed by atoms with Crippen molar-refractivity contribution in [3.8, 4) is 0 Å². The maximum atomic E-state index is 12.3. The second kappa shape index (κ2) is 4.78. The zero-order chi connectivity index (χ0) is 13.3. The van der Waals surface area contributed by atoms with E-state index in [-0.39, 0.29) is 11.5 Å². The molecule has 0 radical (unpaired) electrons. The van der Waals surface area contributed by atoms with Gasteiger partial charge in [-0.25, -0.2) is 0 Å². The van der Waals surface area contributed by atoms with Crippen molar-refractivity contribution in [2.75, 3.05) is 25.4 Å². The molecule has 0 spiro atoms. The molecule has 1 aliphatic rings. The number of morpholine rings is 1. The van der Waals surface area contributed by atoms with Gasteiger partial charge in [-0.3, -0.25) is 4.79 Å². The van der Waals surface area contributed by atoms with Gasteiger partial charge >= 0.3 is 0 Å². The lowest BCUT2D eigenvalue weighted by molar-refractivity contribution is -0.0764. The molecular formula is C13H17ClN2O2. The highest BCUT2D eigenvalue weighted by Gasteiger charge is 2.30. The van der Waals surface area contributed by atoms with E-state index in [2.05, 4.69) is 0 Å². The summed E-state index contributed by atoms with van der Waals surface area (Å²) >= 11 is 5.93. The normalized spacial score (nSPS) is 18.7. The summed E-state index contributed by atoms with van der Waals surface area (Å²) in [6.07, 6.45) is 0. The third kappa shape index (κ3) is 2.76. The molecule has 1 heterocycles. The number of rotatable bonds is 1. The largest absolute Gasteiger partial charge is 0.398 e. The van der Waals surface area contributed by atoms with Gasteiger partial charge in [0.15, 0.2) is 0 Å². The maximum absolute atomic E-state index is 12.3.